The molecule has 1 aromatic carbocycles. The molecule has 9 heteroatoms. The molecule has 1 heterocycles. The highest BCUT2D eigenvalue weighted by Gasteiger charge is 2.14. The maximum atomic E-state index is 12.1. The third-order valence-corrected chi connectivity index (χ3v) is 4.76. The third-order valence-electron chi connectivity index (χ3n) is 3.49. The summed E-state index contributed by atoms with van der Waals surface area (Å²) in [7, 11) is 1.46. The van der Waals surface area contributed by atoms with Crippen LogP contribution in [0.2, 0.25) is 5.02 Å². The molecular weight excluding hydrogens is 392 g/mol. The Kier molecular flexibility index (Phi) is 7.05. The van der Waals surface area contributed by atoms with Crippen LogP contribution in [0.4, 0.5) is 0 Å². The van der Waals surface area contributed by atoms with Gasteiger partial charge in [-0.25, -0.2) is 0 Å². The highest BCUT2D eigenvalue weighted by atomic mass is 35.5. The Labute approximate surface area is 164 Å². The first-order valence-electron chi connectivity index (χ1n) is 7.65. The SMILES string of the molecule is COc1ccc(C(=O)COC(=O)CSc2[nH]c(=O)cc(C)c2C#N)cc1Cl. The van der Waals surface area contributed by atoms with Crippen molar-refractivity contribution >= 4 is 35.1 Å². The smallest absolute Gasteiger partial charge is 0.316 e. The van der Waals surface area contributed by atoms with Crippen LogP contribution in [0.5, 0.6) is 5.75 Å². The minimum atomic E-state index is -0.654. The Bertz CT molecular complexity index is 981. The number of pyridine rings is 1. The summed E-state index contributed by atoms with van der Waals surface area (Å²) in [6, 6.07) is 7.79. The van der Waals surface area contributed by atoms with Gasteiger partial charge in [0.25, 0.3) is 0 Å². The highest BCUT2D eigenvalue weighted by molar-refractivity contribution is 7.99. The van der Waals surface area contributed by atoms with E-state index in [4.69, 9.17) is 26.3 Å². The van der Waals surface area contributed by atoms with Crippen LogP contribution in [0.1, 0.15) is 21.5 Å². The van der Waals surface area contributed by atoms with E-state index in [9.17, 15) is 14.4 Å². The fourth-order valence-corrected chi connectivity index (χ4v) is 3.27. The number of hydrogen-bond donors (Lipinski definition) is 1. The summed E-state index contributed by atoms with van der Waals surface area (Å²) in [6.07, 6.45) is 0. The van der Waals surface area contributed by atoms with Crippen molar-refractivity contribution in [2.45, 2.75) is 11.9 Å². The van der Waals surface area contributed by atoms with E-state index >= 15 is 0 Å². The molecule has 0 radical (unpaired) electrons. The molecule has 2 aromatic rings. The predicted molar refractivity (Wildman–Crippen MR) is 101 cm³/mol. The Hall–Kier alpha value is -2.76. The topological polar surface area (TPSA) is 109 Å². The van der Waals surface area contributed by atoms with Crippen LogP contribution in [0.3, 0.4) is 0 Å². The number of esters is 1. The highest BCUT2D eigenvalue weighted by Crippen LogP contribution is 2.25. The molecule has 1 N–H and O–H groups in total. The van der Waals surface area contributed by atoms with E-state index < -0.39 is 18.4 Å². The van der Waals surface area contributed by atoms with Gasteiger partial charge >= 0.3 is 5.97 Å². The summed E-state index contributed by atoms with van der Waals surface area (Å²) < 4.78 is 9.96. The van der Waals surface area contributed by atoms with Crippen molar-refractivity contribution in [2.24, 2.45) is 0 Å². The van der Waals surface area contributed by atoms with Crippen LogP contribution in [0.25, 0.3) is 0 Å². The van der Waals surface area contributed by atoms with Gasteiger partial charge < -0.3 is 14.5 Å². The number of Topliss-reactive ketones (excluding diaryl/α,β-unsaturated/α-hetero) is 1. The van der Waals surface area contributed by atoms with Crippen LogP contribution in [-0.2, 0) is 9.53 Å². The van der Waals surface area contributed by atoms with E-state index in [1.807, 2.05) is 6.07 Å². The van der Waals surface area contributed by atoms with Gasteiger partial charge in [-0.3, -0.25) is 14.4 Å². The molecule has 0 aliphatic heterocycles. The number of methoxy groups -OCH3 is 1. The lowest BCUT2D eigenvalue weighted by atomic mass is 10.1. The predicted octanol–water partition coefficient (Wildman–Crippen LogP) is 2.74. The lowest BCUT2D eigenvalue weighted by Gasteiger charge is -2.08. The summed E-state index contributed by atoms with van der Waals surface area (Å²) in [5.74, 6) is -0.800. The summed E-state index contributed by atoms with van der Waals surface area (Å²) in [4.78, 5) is 38.0. The number of aromatic nitrogens is 1. The van der Waals surface area contributed by atoms with Gasteiger partial charge in [-0.15, -0.1) is 0 Å². The summed E-state index contributed by atoms with van der Waals surface area (Å²) in [6.45, 7) is 1.19. The van der Waals surface area contributed by atoms with Gasteiger partial charge in [0, 0.05) is 11.6 Å². The summed E-state index contributed by atoms with van der Waals surface area (Å²) in [5.41, 5.74) is 0.727. The van der Waals surface area contributed by atoms with Gasteiger partial charge in [-0.1, -0.05) is 23.4 Å². The van der Waals surface area contributed by atoms with E-state index in [1.165, 1.54) is 25.3 Å². The van der Waals surface area contributed by atoms with E-state index in [1.54, 1.807) is 13.0 Å². The maximum Gasteiger partial charge on any atom is 0.316 e. The maximum absolute atomic E-state index is 12.1. The number of nitrogens with zero attached hydrogens (tertiary/aromatic N) is 1. The average Bonchev–Trinajstić information content (AvgIpc) is 2.63. The van der Waals surface area contributed by atoms with E-state index in [2.05, 4.69) is 4.98 Å². The molecule has 0 saturated carbocycles. The largest absolute Gasteiger partial charge is 0.495 e. The van der Waals surface area contributed by atoms with Crippen molar-refractivity contribution in [3.05, 3.63) is 56.3 Å². The fourth-order valence-electron chi connectivity index (χ4n) is 2.15. The lowest BCUT2D eigenvalue weighted by Crippen LogP contribution is -2.16. The first-order valence-corrected chi connectivity index (χ1v) is 9.01. The standard InChI is InChI=1S/C18H15ClN2O5S/c1-10-5-16(23)21-18(12(10)7-20)27-9-17(24)26-8-14(22)11-3-4-15(25-2)13(19)6-11/h3-6H,8-9H2,1-2H3,(H,21,23). The second-order valence-corrected chi connectivity index (χ2v) is 6.75. The normalized spacial score (nSPS) is 10.1. The van der Waals surface area contributed by atoms with Gasteiger partial charge in [0.2, 0.25) is 5.56 Å². The average molecular weight is 407 g/mol. The summed E-state index contributed by atoms with van der Waals surface area (Å²) >= 11 is 6.93. The van der Waals surface area contributed by atoms with Crippen molar-refractivity contribution in [2.75, 3.05) is 19.5 Å². The number of benzene rings is 1. The van der Waals surface area contributed by atoms with Gasteiger partial charge in [0.05, 0.1) is 28.5 Å². The lowest BCUT2D eigenvalue weighted by molar-refractivity contribution is -0.139. The second-order valence-electron chi connectivity index (χ2n) is 5.35. The first kappa shape index (κ1) is 20.6. The Morgan fingerprint density at radius 2 is 2.07 bits per heavy atom. The van der Waals surface area contributed by atoms with Gasteiger partial charge in [-0.05, 0) is 30.7 Å². The van der Waals surface area contributed by atoms with Crippen molar-refractivity contribution < 1.29 is 19.1 Å². The number of carbonyl (C=O) groups excluding carboxylic acids is 2. The third kappa shape index (κ3) is 5.36. The fraction of sp³-hybridized carbons (Fsp3) is 0.222. The molecule has 0 spiro atoms. The van der Waals surface area contributed by atoms with E-state index in [0.29, 0.717) is 11.3 Å². The molecule has 0 fully saturated rings. The molecule has 0 aliphatic rings. The van der Waals surface area contributed by atoms with E-state index in [0.717, 1.165) is 11.8 Å². The number of aryl methyl sites for hydroxylation is 1. The summed E-state index contributed by atoms with van der Waals surface area (Å²) in [5, 5.41) is 9.71. The van der Waals surface area contributed by atoms with Crippen LogP contribution >= 0.6 is 23.4 Å². The zero-order chi connectivity index (χ0) is 20.0. The number of nitrogens with one attached hydrogen (secondary N) is 1. The molecule has 0 aliphatic carbocycles. The Morgan fingerprint density at radius 1 is 1.33 bits per heavy atom. The minimum absolute atomic E-state index is 0.162. The van der Waals surface area contributed by atoms with Crippen LogP contribution < -0.4 is 10.3 Å². The number of ether oxygens (including phenoxy) is 2. The number of nitriles is 1. The number of aromatic amines is 1. The molecule has 0 saturated heterocycles. The van der Waals surface area contributed by atoms with Gasteiger partial charge in [-0.2, -0.15) is 5.26 Å². The number of hydrogen-bond acceptors (Lipinski definition) is 7. The van der Waals surface area contributed by atoms with Gasteiger partial charge in [0.15, 0.2) is 12.4 Å². The number of carbonyl (C=O) groups is 2. The van der Waals surface area contributed by atoms with Gasteiger partial charge in [0.1, 0.15) is 11.8 Å². The quantitative estimate of drug-likeness (QED) is 0.427. The van der Waals surface area contributed by atoms with Crippen molar-refractivity contribution in [3.8, 4) is 11.8 Å². The zero-order valence-corrected chi connectivity index (χ0v) is 16.1. The number of thioether (sulfide) groups is 1. The molecule has 1 aromatic heterocycles. The number of rotatable bonds is 7. The van der Waals surface area contributed by atoms with Crippen molar-refractivity contribution in [1.82, 2.24) is 4.98 Å². The molecule has 2 rings (SSSR count). The molecule has 7 nitrogen and oxygen atoms in total. The molecule has 0 bridgehead atoms. The van der Waals surface area contributed by atoms with Crippen LogP contribution in [-0.4, -0.2) is 36.2 Å². The zero-order valence-electron chi connectivity index (χ0n) is 14.5. The molecular formula is C18H15ClN2O5S. The molecule has 140 valence electrons. The van der Waals surface area contributed by atoms with Crippen molar-refractivity contribution in [1.29, 1.82) is 5.26 Å². The molecule has 0 atom stereocenters. The van der Waals surface area contributed by atoms with Crippen LogP contribution in [0, 0.1) is 18.3 Å². The van der Waals surface area contributed by atoms with Crippen molar-refractivity contribution in [3.63, 3.8) is 0 Å². The Balaban J connectivity index is 1.94. The molecule has 0 amide bonds. The molecule has 27 heavy (non-hydrogen) atoms. The van der Waals surface area contributed by atoms with E-state index in [-0.39, 0.29) is 32.5 Å². The Morgan fingerprint density at radius 3 is 2.70 bits per heavy atom. The molecule has 0 unspecified atom stereocenters. The number of ketones is 1. The minimum Gasteiger partial charge on any atom is -0.495 e. The first-order chi connectivity index (χ1) is 12.8. The van der Waals surface area contributed by atoms with Crippen LogP contribution in [0.15, 0.2) is 34.1 Å². The number of halogens is 1. The monoisotopic (exact) mass is 406 g/mol. The number of H-pyrrole nitrogens is 1. The second kappa shape index (κ2) is 9.26.